The quantitative estimate of drug-likeness (QED) is 0.801. The molecule has 4 atom stereocenters. The van der Waals surface area contributed by atoms with Gasteiger partial charge in [-0.05, 0) is 71.9 Å². The van der Waals surface area contributed by atoms with Crippen molar-refractivity contribution in [3.63, 3.8) is 0 Å². The number of amides is 1. The van der Waals surface area contributed by atoms with E-state index in [4.69, 9.17) is 5.73 Å². The molecule has 4 unspecified atom stereocenters. The minimum absolute atomic E-state index is 0.0154. The summed E-state index contributed by atoms with van der Waals surface area (Å²) in [5, 5.41) is 3.02. The van der Waals surface area contributed by atoms with E-state index in [1.165, 1.54) is 12.8 Å². The molecular formula is C14H17IN2O. The Hall–Kier alpha value is -0.620. The minimum Gasteiger partial charge on any atom is -0.327 e. The Labute approximate surface area is 121 Å². The van der Waals surface area contributed by atoms with Gasteiger partial charge < -0.3 is 11.1 Å². The van der Waals surface area contributed by atoms with E-state index in [1.54, 1.807) is 0 Å². The first-order chi connectivity index (χ1) is 8.65. The van der Waals surface area contributed by atoms with Gasteiger partial charge in [0, 0.05) is 15.3 Å². The zero-order valence-electron chi connectivity index (χ0n) is 10.1. The van der Waals surface area contributed by atoms with E-state index >= 15 is 0 Å². The first-order valence-corrected chi connectivity index (χ1v) is 7.55. The second-order valence-electron chi connectivity index (χ2n) is 5.44. The number of rotatable bonds is 2. The highest BCUT2D eigenvalue weighted by molar-refractivity contribution is 14.1. The lowest BCUT2D eigenvalue weighted by Gasteiger charge is -2.27. The number of fused-ring (bicyclic) bond motifs is 2. The zero-order chi connectivity index (χ0) is 12.7. The van der Waals surface area contributed by atoms with Crippen LogP contribution in [0.4, 0.5) is 5.69 Å². The molecule has 0 heterocycles. The van der Waals surface area contributed by atoms with Crippen LogP contribution in [0.5, 0.6) is 0 Å². The first kappa shape index (κ1) is 12.4. The van der Waals surface area contributed by atoms with Crippen LogP contribution in [0.15, 0.2) is 24.3 Å². The van der Waals surface area contributed by atoms with Gasteiger partial charge in [-0.15, -0.1) is 0 Å². The van der Waals surface area contributed by atoms with Crippen molar-refractivity contribution in [1.29, 1.82) is 0 Å². The molecule has 4 heteroatoms. The number of carbonyl (C=O) groups is 1. The van der Waals surface area contributed by atoms with Gasteiger partial charge in [-0.3, -0.25) is 4.79 Å². The molecule has 2 aliphatic carbocycles. The van der Waals surface area contributed by atoms with Crippen molar-refractivity contribution in [2.45, 2.75) is 25.3 Å². The molecule has 0 aliphatic heterocycles. The van der Waals surface area contributed by atoms with Crippen molar-refractivity contribution in [2.75, 3.05) is 5.32 Å². The van der Waals surface area contributed by atoms with Gasteiger partial charge in [-0.1, -0.05) is 6.07 Å². The summed E-state index contributed by atoms with van der Waals surface area (Å²) in [5.74, 6) is 1.20. The Balaban J connectivity index is 1.72. The predicted octanol–water partition coefficient (Wildman–Crippen LogP) is 2.60. The lowest BCUT2D eigenvalue weighted by Crippen LogP contribution is -2.42. The molecule has 2 fully saturated rings. The highest BCUT2D eigenvalue weighted by Crippen LogP contribution is 2.47. The number of nitrogens with one attached hydrogen (secondary N) is 1. The molecule has 0 radical (unpaired) electrons. The number of hydrogen-bond acceptors (Lipinski definition) is 2. The number of nitrogens with two attached hydrogens (primary N) is 1. The Morgan fingerprint density at radius 1 is 1.33 bits per heavy atom. The normalized spacial score (nSPS) is 33.7. The van der Waals surface area contributed by atoms with Crippen molar-refractivity contribution in [3.8, 4) is 0 Å². The molecule has 1 aromatic rings. The summed E-state index contributed by atoms with van der Waals surface area (Å²) in [4.78, 5) is 12.3. The Bertz CT molecular complexity index is 475. The molecule has 3 rings (SSSR count). The van der Waals surface area contributed by atoms with Gasteiger partial charge in [0.2, 0.25) is 5.91 Å². The number of benzene rings is 1. The largest absolute Gasteiger partial charge is 0.327 e. The summed E-state index contributed by atoms with van der Waals surface area (Å²) < 4.78 is 1.13. The summed E-state index contributed by atoms with van der Waals surface area (Å²) in [6.45, 7) is 0. The molecule has 2 bridgehead atoms. The molecule has 1 aromatic carbocycles. The highest BCUT2D eigenvalue weighted by Gasteiger charge is 2.49. The third-order valence-corrected chi connectivity index (χ3v) is 5.05. The molecule has 3 nitrogen and oxygen atoms in total. The average molecular weight is 356 g/mol. The third-order valence-electron chi connectivity index (χ3n) is 4.38. The summed E-state index contributed by atoms with van der Waals surface area (Å²) in [7, 11) is 0. The molecule has 3 N–H and O–H groups in total. The molecule has 0 spiro atoms. The summed E-state index contributed by atoms with van der Waals surface area (Å²) >= 11 is 2.25. The van der Waals surface area contributed by atoms with Gasteiger partial charge in [-0.2, -0.15) is 0 Å². The summed E-state index contributed by atoms with van der Waals surface area (Å²) in [6.07, 6.45) is 3.52. The van der Waals surface area contributed by atoms with E-state index in [0.29, 0.717) is 11.8 Å². The molecule has 18 heavy (non-hydrogen) atoms. The number of carbonyl (C=O) groups excluding carboxylic acids is 1. The Kier molecular flexibility index (Phi) is 3.32. The fraction of sp³-hybridized carbons (Fsp3) is 0.500. The van der Waals surface area contributed by atoms with Crippen molar-refractivity contribution >= 4 is 34.2 Å². The van der Waals surface area contributed by atoms with Crippen LogP contribution >= 0.6 is 22.6 Å². The predicted molar refractivity (Wildman–Crippen MR) is 80.1 cm³/mol. The van der Waals surface area contributed by atoms with Gasteiger partial charge in [-0.25, -0.2) is 0 Å². The summed E-state index contributed by atoms with van der Waals surface area (Å²) in [6, 6.07) is 7.94. The van der Waals surface area contributed by atoms with Gasteiger partial charge in [0.25, 0.3) is 0 Å². The van der Waals surface area contributed by atoms with Crippen molar-refractivity contribution in [3.05, 3.63) is 27.8 Å². The van der Waals surface area contributed by atoms with Crippen molar-refractivity contribution in [1.82, 2.24) is 0 Å². The van der Waals surface area contributed by atoms with Crippen molar-refractivity contribution < 1.29 is 4.79 Å². The smallest absolute Gasteiger partial charge is 0.229 e. The molecular weight excluding hydrogens is 339 g/mol. The second-order valence-corrected chi connectivity index (χ2v) is 6.68. The molecule has 2 saturated carbocycles. The maximum Gasteiger partial charge on any atom is 0.229 e. The number of halogens is 1. The second kappa shape index (κ2) is 4.81. The first-order valence-electron chi connectivity index (χ1n) is 6.47. The van der Waals surface area contributed by atoms with Crippen molar-refractivity contribution in [2.24, 2.45) is 23.5 Å². The number of anilines is 1. The third kappa shape index (κ3) is 2.16. The van der Waals surface area contributed by atoms with Crippen LogP contribution in [0, 0.1) is 21.3 Å². The highest BCUT2D eigenvalue weighted by atomic mass is 127. The van der Waals surface area contributed by atoms with Crippen LogP contribution in [-0.2, 0) is 4.79 Å². The minimum atomic E-state index is 0.0154. The zero-order valence-corrected chi connectivity index (χ0v) is 12.3. The van der Waals surface area contributed by atoms with Crippen LogP contribution in [0.25, 0.3) is 0 Å². The maximum absolute atomic E-state index is 12.3. The Morgan fingerprint density at radius 3 is 2.78 bits per heavy atom. The van der Waals surface area contributed by atoms with E-state index in [9.17, 15) is 4.79 Å². The van der Waals surface area contributed by atoms with Gasteiger partial charge in [0.15, 0.2) is 0 Å². The topological polar surface area (TPSA) is 55.1 Å². The molecule has 96 valence electrons. The molecule has 0 aromatic heterocycles. The monoisotopic (exact) mass is 356 g/mol. The van der Waals surface area contributed by atoms with E-state index in [1.807, 2.05) is 24.3 Å². The standard InChI is InChI=1S/C14H17IN2O/c15-10-2-1-3-11(7-10)17-14(18)12-8-4-5-9(6-8)13(12)16/h1-3,7-9,12-13H,4-6,16H2,(H,17,18). The van der Waals surface area contributed by atoms with Crippen LogP contribution in [0.2, 0.25) is 0 Å². The van der Waals surface area contributed by atoms with Crippen LogP contribution < -0.4 is 11.1 Å². The van der Waals surface area contributed by atoms with Crippen LogP contribution in [0.3, 0.4) is 0 Å². The molecule has 1 amide bonds. The lowest BCUT2D eigenvalue weighted by atomic mass is 9.84. The average Bonchev–Trinajstić information content (AvgIpc) is 2.89. The Morgan fingerprint density at radius 2 is 2.11 bits per heavy atom. The van der Waals surface area contributed by atoms with E-state index in [2.05, 4.69) is 27.9 Å². The lowest BCUT2D eigenvalue weighted by molar-refractivity contribution is -0.121. The fourth-order valence-electron chi connectivity index (χ4n) is 3.52. The van der Waals surface area contributed by atoms with E-state index in [0.717, 1.165) is 15.7 Å². The van der Waals surface area contributed by atoms with Gasteiger partial charge in [0.05, 0.1) is 5.92 Å². The van der Waals surface area contributed by atoms with E-state index in [-0.39, 0.29) is 17.9 Å². The SMILES string of the molecule is NC1C2CCC(C2)C1C(=O)Nc1cccc(I)c1. The molecule has 0 saturated heterocycles. The van der Waals surface area contributed by atoms with Crippen LogP contribution in [0.1, 0.15) is 19.3 Å². The fourth-order valence-corrected chi connectivity index (χ4v) is 4.06. The van der Waals surface area contributed by atoms with E-state index < -0.39 is 0 Å². The van der Waals surface area contributed by atoms with Gasteiger partial charge in [0.1, 0.15) is 0 Å². The molecule has 2 aliphatic rings. The maximum atomic E-state index is 12.3. The van der Waals surface area contributed by atoms with Crippen LogP contribution in [-0.4, -0.2) is 11.9 Å². The van der Waals surface area contributed by atoms with Gasteiger partial charge >= 0.3 is 0 Å². The number of hydrogen-bond donors (Lipinski definition) is 2. The summed E-state index contributed by atoms with van der Waals surface area (Å²) in [5.41, 5.74) is 7.06.